The van der Waals surface area contributed by atoms with Gasteiger partial charge in [-0.15, -0.1) is 6.42 Å². The second-order valence-corrected chi connectivity index (χ2v) is 7.77. The molecule has 3 aromatic carbocycles. The van der Waals surface area contributed by atoms with Crippen LogP contribution in [-0.4, -0.2) is 5.97 Å². The van der Waals surface area contributed by atoms with E-state index in [1.165, 1.54) is 30.3 Å². The number of carbonyl (C=O) groups is 1. The summed E-state index contributed by atoms with van der Waals surface area (Å²) in [7, 11) is 0. The summed E-state index contributed by atoms with van der Waals surface area (Å²) in [6.45, 7) is 3.77. The van der Waals surface area contributed by atoms with E-state index in [-0.39, 0.29) is 17.5 Å². The maximum atomic E-state index is 14.3. The third-order valence-electron chi connectivity index (χ3n) is 4.97. The van der Waals surface area contributed by atoms with E-state index in [1.807, 2.05) is 19.9 Å². The van der Waals surface area contributed by atoms with Crippen LogP contribution in [0.2, 0.25) is 0 Å². The molecule has 0 N–H and O–H groups in total. The van der Waals surface area contributed by atoms with Crippen LogP contribution < -0.4 is 4.74 Å². The number of para-hydroxylation sites is 1. The lowest BCUT2D eigenvalue weighted by atomic mass is 9.94. The molecule has 0 spiro atoms. The van der Waals surface area contributed by atoms with Gasteiger partial charge in [0.2, 0.25) is 0 Å². The summed E-state index contributed by atoms with van der Waals surface area (Å²) in [5.74, 6) is 0.832. The molecule has 3 rings (SSSR count). The van der Waals surface area contributed by atoms with Crippen molar-refractivity contribution < 1.29 is 23.0 Å². The van der Waals surface area contributed by atoms with Crippen LogP contribution in [0.4, 0.5) is 8.78 Å². The molecule has 0 aromatic heterocycles. The highest BCUT2D eigenvalue weighted by Gasteiger charge is 2.25. The van der Waals surface area contributed by atoms with Crippen molar-refractivity contribution >= 4 is 12.0 Å². The Morgan fingerprint density at radius 1 is 1.00 bits per heavy atom. The van der Waals surface area contributed by atoms with Crippen molar-refractivity contribution in [3.8, 4) is 23.8 Å². The molecule has 0 aliphatic heterocycles. The highest BCUT2D eigenvalue weighted by molar-refractivity contribution is 5.76. The average molecular weight is 446 g/mol. The van der Waals surface area contributed by atoms with Gasteiger partial charge in [0, 0.05) is 5.56 Å². The zero-order valence-electron chi connectivity index (χ0n) is 18.4. The van der Waals surface area contributed by atoms with Gasteiger partial charge in [0.1, 0.15) is 11.6 Å². The van der Waals surface area contributed by atoms with E-state index in [9.17, 15) is 13.6 Å². The number of esters is 1. The molecule has 33 heavy (non-hydrogen) atoms. The van der Waals surface area contributed by atoms with Crippen molar-refractivity contribution in [2.75, 3.05) is 0 Å². The summed E-state index contributed by atoms with van der Waals surface area (Å²) < 4.78 is 38.6. The summed E-state index contributed by atoms with van der Waals surface area (Å²) in [5, 5.41) is 0. The fourth-order valence-corrected chi connectivity index (χ4v) is 3.13. The molecule has 0 radical (unpaired) electrons. The third kappa shape index (κ3) is 6.54. The first-order chi connectivity index (χ1) is 15.9. The Kier molecular flexibility index (Phi) is 7.99. The van der Waals surface area contributed by atoms with Crippen LogP contribution in [0.3, 0.4) is 0 Å². The van der Waals surface area contributed by atoms with Crippen LogP contribution >= 0.6 is 0 Å². The van der Waals surface area contributed by atoms with E-state index in [4.69, 9.17) is 15.9 Å². The minimum Gasteiger partial charge on any atom is -0.454 e. The number of hydrogen-bond donors (Lipinski definition) is 0. The summed E-state index contributed by atoms with van der Waals surface area (Å²) in [6, 6.07) is 18.8. The SMILES string of the molecule is C#CC(OC(=O)C(C=Cc1ccc(F)cc1)C(C)C)c1ccc(F)c(Oc2ccccc2)c1. The lowest BCUT2D eigenvalue weighted by Crippen LogP contribution is -2.22. The fraction of sp³-hybridized carbons (Fsp3) is 0.179. The number of terminal acetylenes is 1. The Labute approximate surface area is 192 Å². The highest BCUT2D eigenvalue weighted by Crippen LogP contribution is 2.30. The van der Waals surface area contributed by atoms with Gasteiger partial charge in [-0.05, 0) is 47.9 Å². The number of hydrogen-bond acceptors (Lipinski definition) is 3. The molecule has 2 unspecified atom stereocenters. The van der Waals surface area contributed by atoms with E-state index in [1.54, 1.807) is 48.6 Å². The van der Waals surface area contributed by atoms with Crippen LogP contribution in [0.25, 0.3) is 6.08 Å². The van der Waals surface area contributed by atoms with Gasteiger partial charge in [0.15, 0.2) is 17.7 Å². The summed E-state index contributed by atoms with van der Waals surface area (Å²) in [4.78, 5) is 12.9. The molecule has 5 heteroatoms. The van der Waals surface area contributed by atoms with Crippen LogP contribution in [-0.2, 0) is 9.53 Å². The molecule has 0 fully saturated rings. The summed E-state index contributed by atoms with van der Waals surface area (Å²) in [6.07, 6.45) is 8.06. The highest BCUT2D eigenvalue weighted by atomic mass is 19.1. The minimum atomic E-state index is -1.02. The predicted octanol–water partition coefficient (Wildman–Crippen LogP) is 6.96. The number of ether oxygens (including phenoxy) is 2. The molecular weight excluding hydrogens is 422 g/mol. The quantitative estimate of drug-likeness (QED) is 0.277. The summed E-state index contributed by atoms with van der Waals surface area (Å²) in [5.41, 5.74) is 1.17. The van der Waals surface area contributed by atoms with Gasteiger partial charge >= 0.3 is 5.97 Å². The molecule has 0 heterocycles. The van der Waals surface area contributed by atoms with Crippen molar-refractivity contribution in [2.24, 2.45) is 11.8 Å². The Morgan fingerprint density at radius 3 is 2.33 bits per heavy atom. The molecule has 0 aliphatic rings. The zero-order chi connectivity index (χ0) is 23.8. The van der Waals surface area contributed by atoms with Crippen LogP contribution in [0.15, 0.2) is 78.9 Å². The van der Waals surface area contributed by atoms with Crippen LogP contribution in [0, 0.1) is 35.8 Å². The molecule has 0 saturated heterocycles. The number of halogens is 2. The fourth-order valence-electron chi connectivity index (χ4n) is 3.13. The van der Waals surface area contributed by atoms with Crippen molar-refractivity contribution in [3.05, 3.63) is 102 Å². The molecule has 0 saturated carbocycles. The van der Waals surface area contributed by atoms with E-state index >= 15 is 0 Å². The van der Waals surface area contributed by atoms with Gasteiger partial charge in [-0.25, -0.2) is 8.78 Å². The van der Waals surface area contributed by atoms with Gasteiger partial charge in [0.25, 0.3) is 0 Å². The standard InChI is InChI=1S/C28H24F2O3/c1-4-26(21-13-17-25(30)27(18-21)32-23-8-6-5-7-9-23)33-28(31)24(19(2)3)16-12-20-10-14-22(29)15-11-20/h1,5-19,24,26H,2-3H3. The monoisotopic (exact) mass is 446 g/mol. The van der Waals surface area contributed by atoms with Crippen LogP contribution in [0.5, 0.6) is 11.5 Å². The van der Waals surface area contributed by atoms with E-state index in [2.05, 4.69) is 5.92 Å². The first-order valence-electron chi connectivity index (χ1n) is 10.5. The van der Waals surface area contributed by atoms with Crippen molar-refractivity contribution in [2.45, 2.75) is 20.0 Å². The predicted molar refractivity (Wildman–Crippen MR) is 124 cm³/mol. The van der Waals surface area contributed by atoms with E-state index in [0.717, 1.165) is 5.56 Å². The first kappa shape index (κ1) is 23.7. The summed E-state index contributed by atoms with van der Waals surface area (Å²) >= 11 is 0. The lowest BCUT2D eigenvalue weighted by molar-refractivity contribution is -0.151. The van der Waals surface area contributed by atoms with E-state index < -0.39 is 23.8 Å². The molecule has 0 aliphatic carbocycles. The van der Waals surface area contributed by atoms with Crippen molar-refractivity contribution in [3.63, 3.8) is 0 Å². The number of carbonyl (C=O) groups excluding carboxylic acids is 1. The molecule has 168 valence electrons. The normalized spacial score (nSPS) is 12.8. The maximum absolute atomic E-state index is 14.3. The lowest BCUT2D eigenvalue weighted by Gasteiger charge is -2.20. The van der Waals surface area contributed by atoms with Crippen molar-refractivity contribution in [1.29, 1.82) is 0 Å². The maximum Gasteiger partial charge on any atom is 0.314 e. The van der Waals surface area contributed by atoms with Gasteiger partial charge in [-0.3, -0.25) is 4.79 Å². The smallest absolute Gasteiger partial charge is 0.314 e. The van der Waals surface area contributed by atoms with Gasteiger partial charge in [-0.2, -0.15) is 0 Å². The number of rotatable bonds is 8. The Bertz CT molecular complexity index is 1150. The Balaban J connectivity index is 1.77. The largest absolute Gasteiger partial charge is 0.454 e. The van der Waals surface area contributed by atoms with Crippen molar-refractivity contribution in [1.82, 2.24) is 0 Å². The van der Waals surface area contributed by atoms with Gasteiger partial charge in [0.05, 0.1) is 5.92 Å². The Hall–Kier alpha value is -3.91. The van der Waals surface area contributed by atoms with Crippen LogP contribution in [0.1, 0.15) is 31.1 Å². The van der Waals surface area contributed by atoms with Gasteiger partial charge in [-0.1, -0.05) is 68.3 Å². The number of benzene rings is 3. The average Bonchev–Trinajstić information content (AvgIpc) is 2.81. The zero-order valence-corrected chi connectivity index (χ0v) is 18.4. The topological polar surface area (TPSA) is 35.5 Å². The second kappa shape index (κ2) is 11.1. The second-order valence-electron chi connectivity index (χ2n) is 7.77. The van der Waals surface area contributed by atoms with E-state index in [0.29, 0.717) is 11.3 Å². The van der Waals surface area contributed by atoms with Gasteiger partial charge < -0.3 is 9.47 Å². The molecule has 3 aromatic rings. The molecule has 3 nitrogen and oxygen atoms in total. The molecule has 0 amide bonds. The molecule has 2 atom stereocenters. The Morgan fingerprint density at radius 2 is 1.70 bits per heavy atom. The molecule has 0 bridgehead atoms. The molecular formula is C28H24F2O3. The first-order valence-corrected chi connectivity index (χ1v) is 10.5. The minimum absolute atomic E-state index is 0.0217. The third-order valence-corrected chi connectivity index (χ3v) is 4.97.